The number of nitrogens with one attached hydrogen (secondary N) is 1. The van der Waals surface area contributed by atoms with Gasteiger partial charge < -0.3 is 10.4 Å². The third-order valence-corrected chi connectivity index (χ3v) is 2.56. The van der Waals surface area contributed by atoms with E-state index in [2.05, 4.69) is 5.32 Å². The monoisotopic (exact) mass is 259 g/mol. The number of aliphatic hydroxyl groups is 1. The fourth-order valence-corrected chi connectivity index (χ4v) is 1.80. The fourth-order valence-electron chi connectivity index (χ4n) is 1.55. The highest BCUT2D eigenvalue weighted by Crippen LogP contribution is 2.17. The summed E-state index contributed by atoms with van der Waals surface area (Å²) in [5.41, 5.74) is 0.227. The summed E-state index contributed by atoms with van der Waals surface area (Å²) < 4.78 is 12.8. The van der Waals surface area contributed by atoms with Crippen LogP contribution in [-0.4, -0.2) is 23.2 Å². The smallest absolute Gasteiger partial charge is 0.253 e. The molecule has 0 aliphatic heterocycles. The first-order valence-electron chi connectivity index (χ1n) is 5.34. The zero-order valence-electron chi connectivity index (χ0n) is 9.71. The zero-order chi connectivity index (χ0) is 13.0. The SMILES string of the molecule is CC(O)CC(C)NC(=O)c1ccc(F)cc1Cl. The van der Waals surface area contributed by atoms with E-state index in [1.165, 1.54) is 12.1 Å². The van der Waals surface area contributed by atoms with E-state index in [0.717, 1.165) is 6.07 Å². The van der Waals surface area contributed by atoms with Gasteiger partial charge in [-0.05, 0) is 38.5 Å². The molecule has 0 aliphatic carbocycles. The van der Waals surface area contributed by atoms with Crippen LogP contribution in [0.1, 0.15) is 30.6 Å². The van der Waals surface area contributed by atoms with Crippen LogP contribution in [0.25, 0.3) is 0 Å². The summed E-state index contributed by atoms with van der Waals surface area (Å²) in [7, 11) is 0. The molecule has 0 aliphatic rings. The van der Waals surface area contributed by atoms with Crippen LogP contribution < -0.4 is 5.32 Å². The molecular weight excluding hydrogens is 245 g/mol. The molecule has 0 saturated heterocycles. The Morgan fingerprint density at radius 3 is 2.71 bits per heavy atom. The Morgan fingerprint density at radius 1 is 1.53 bits per heavy atom. The summed E-state index contributed by atoms with van der Waals surface area (Å²) in [5, 5.41) is 11.9. The van der Waals surface area contributed by atoms with Gasteiger partial charge in [-0.15, -0.1) is 0 Å². The molecule has 1 aromatic rings. The normalized spacial score (nSPS) is 14.2. The van der Waals surface area contributed by atoms with Gasteiger partial charge in [0.15, 0.2) is 0 Å². The van der Waals surface area contributed by atoms with Crippen molar-refractivity contribution in [3.05, 3.63) is 34.6 Å². The molecule has 0 radical (unpaired) electrons. The third-order valence-electron chi connectivity index (χ3n) is 2.25. The molecule has 3 nitrogen and oxygen atoms in total. The average Bonchev–Trinajstić information content (AvgIpc) is 2.15. The molecule has 1 aromatic carbocycles. The van der Waals surface area contributed by atoms with Crippen molar-refractivity contribution in [2.75, 3.05) is 0 Å². The Hall–Kier alpha value is -1.13. The van der Waals surface area contributed by atoms with Crippen molar-refractivity contribution in [2.45, 2.75) is 32.4 Å². The second kappa shape index (κ2) is 5.98. The quantitative estimate of drug-likeness (QED) is 0.872. The van der Waals surface area contributed by atoms with Gasteiger partial charge in [0, 0.05) is 6.04 Å². The number of halogens is 2. The Balaban J connectivity index is 2.70. The standard InChI is InChI=1S/C12H15ClFNO2/c1-7(5-8(2)16)15-12(17)10-4-3-9(14)6-11(10)13/h3-4,6-8,16H,5H2,1-2H3,(H,15,17). The number of benzene rings is 1. The van der Waals surface area contributed by atoms with Gasteiger partial charge in [0.05, 0.1) is 16.7 Å². The van der Waals surface area contributed by atoms with E-state index in [0.29, 0.717) is 6.42 Å². The predicted molar refractivity (Wildman–Crippen MR) is 64.6 cm³/mol. The molecule has 0 aromatic heterocycles. The summed E-state index contributed by atoms with van der Waals surface area (Å²) in [6.07, 6.45) is -0.0427. The molecule has 17 heavy (non-hydrogen) atoms. The maximum atomic E-state index is 12.8. The third kappa shape index (κ3) is 4.32. The lowest BCUT2D eigenvalue weighted by atomic mass is 10.1. The van der Waals surface area contributed by atoms with Crippen molar-refractivity contribution in [3.63, 3.8) is 0 Å². The van der Waals surface area contributed by atoms with Crippen molar-refractivity contribution in [1.82, 2.24) is 5.32 Å². The molecule has 2 atom stereocenters. The molecule has 0 bridgehead atoms. The average molecular weight is 260 g/mol. The van der Waals surface area contributed by atoms with Gasteiger partial charge in [0.1, 0.15) is 5.82 Å². The second-order valence-corrected chi connectivity index (χ2v) is 4.49. The van der Waals surface area contributed by atoms with E-state index in [-0.39, 0.29) is 22.5 Å². The van der Waals surface area contributed by atoms with Gasteiger partial charge >= 0.3 is 0 Å². The topological polar surface area (TPSA) is 49.3 Å². The molecule has 1 rings (SSSR count). The lowest BCUT2D eigenvalue weighted by molar-refractivity contribution is 0.0923. The molecular formula is C12H15ClFNO2. The van der Waals surface area contributed by atoms with Crippen LogP contribution in [0.15, 0.2) is 18.2 Å². The van der Waals surface area contributed by atoms with E-state index >= 15 is 0 Å². The van der Waals surface area contributed by atoms with Crippen molar-refractivity contribution >= 4 is 17.5 Å². The van der Waals surface area contributed by atoms with E-state index in [1.807, 2.05) is 0 Å². The van der Waals surface area contributed by atoms with Crippen molar-refractivity contribution in [1.29, 1.82) is 0 Å². The first-order chi connectivity index (χ1) is 7.90. The fraction of sp³-hybridized carbons (Fsp3) is 0.417. The van der Waals surface area contributed by atoms with Crippen LogP contribution in [0, 0.1) is 5.82 Å². The van der Waals surface area contributed by atoms with Gasteiger partial charge in [0.2, 0.25) is 0 Å². The van der Waals surface area contributed by atoms with Crippen LogP contribution in [-0.2, 0) is 0 Å². The number of rotatable bonds is 4. The van der Waals surface area contributed by atoms with E-state index < -0.39 is 11.9 Å². The van der Waals surface area contributed by atoms with Crippen LogP contribution in [0.3, 0.4) is 0 Å². The summed E-state index contributed by atoms with van der Waals surface area (Å²) >= 11 is 5.76. The molecule has 1 amide bonds. The summed E-state index contributed by atoms with van der Waals surface area (Å²) in [6.45, 7) is 3.43. The Labute approximate surface area is 105 Å². The Bertz CT molecular complexity index is 409. The highest BCUT2D eigenvalue weighted by atomic mass is 35.5. The predicted octanol–water partition coefficient (Wildman–Crippen LogP) is 2.37. The van der Waals surface area contributed by atoms with Crippen LogP contribution >= 0.6 is 11.6 Å². The number of aliphatic hydroxyl groups excluding tert-OH is 1. The van der Waals surface area contributed by atoms with Gasteiger partial charge in [-0.25, -0.2) is 4.39 Å². The highest BCUT2D eigenvalue weighted by Gasteiger charge is 2.14. The molecule has 5 heteroatoms. The maximum absolute atomic E-state index is 12.8. The minimum absolute atomic E-state index is 0.0757. The minimum Gasteiger partial charge on any atom is -0.393 e. The largest absolute Gasteiger partial charge is 0.393 e. The lowest BCUT2D eigenvalue weighted by Gasteiger charge is -2.15. The molecule has 0 fully saturated rings. The number of hydrogen-bond acceptors (Lipinski definition) is 2. The summed E-state index contributed by atoms with van der Waals surface area (Å²) in [5.74, 6) is -0.855. The Kier molecular flexibility index (Phi) is 4.90. The summed E-state index contributed by atoms with van der Waals surface area (Å²) in [6, 6.07) is 3.43. The lowest BCUT2D eigenvalue weighted by Crippen LogP contribution is -2.34. The van der Waals surface area contributed by atoms with Crippen molar-refractivity contribution < 1.29 is 14.3 Å². The van der Waals surface area contributed by atoms with Gasteiger partial charge in [-0.3, -0.25) is 4.79 Å². The molecule has 2 unspecified atom stereocenters. The molecule has 2 N–H and O–H groups in total. The highest BCUT2D eigenvalue weighted by molar-refractivity contribution is 6.33. The molecule has 0 spiro atoms. The van der Waals surface area contributed by atoms with Gasteiger partial charge in [0.25, 0.3) is 5.91 Å². The maximum Gasteiger partial charge on any atom is 0.253 e. The summed E-state index contributed by atoms with van der Waals surface area (Å²) in [4.78, 5) is 11.8. The number of carbonyl (C=O) groups excluding carboxylic acids is 1. The van der Waals surface area contributed by atoms with E-state index in [4.69, 9.17) is 11.6 Å². The van der Waals surface area contributed by atoms with Gasteiger partial charge in [-0.2, -0.15) is 0 Å². The van der Waals surface area contributed by atoms with E-state index in [9.17, 15) is 14.3 Å². The first-order valence-corrected chi connectivity index (χ1v) is 5.72. The zero-order valence-corrected chi connectivity index (χ0v) is 10.5. The molecule has 0 saturated carbocycles. The van der Waals surface area contributed by atoms with Crippen molar-refractivity contribution in [3.8, 4) is 0 Å². The van der Waals surface area contributed by atoms with Crippen LogP contribution in [0.5, 0.6) is 0 Å². The van der Waals surface area contributed by atoms with Crippen molar-refractivity contribution in [2.24, 2.45) is 0 Å². The number of hydrogen-bond donors (Lipinski definition) is 2. The van der Waals surface area contributed by atoms with Crippen LogP contribution in [0.4, 0.5) is 4.39 Å². The Morgan fingerprint density at radius 2 is 2.18 bits per heavy atom. The first kappa shape index (κ1) is 13.9. The van der Waals surface area contributed by atoms with Crippen LogP contribution in [0.2, 0.25) is 5.02 Å². The number of amides is 1. The molecule has 94 valence electrons. The molecule has 0 heterocycles. The van der Waals surface area contributed by atoms with E-state index in [1.54, 1.807) is 13.8 Å². The number of carbonyl (C=O) groups is 1. The van der Waals surface area contributed by atoms with Gasteiger partial charge in [-0.1, -0.05) is 11.6 Å². The minimum atomic E-state index is -0.492. The second-order valence-electron chi connectivity index (χ2n) is 4.08.